The van der Waals surface area contributed by atoms with E-state index in [0.717, 1.165) is 28.6 Å². The molecule has 0 amide bonds. The van der Waals surface area contributed by atoms with Crippen LogP contribution >= 0.6 is 23.4 Å². The van der Waals surface area contributed by atoms with Crippen LogP contribution in [-0.4, -0.2) is 65.7 Å². The molecule has 1 fully saturated rings. The minimum Gasteiger partial charge on any atom is -0.394 e. The van der Waals surface area contributed by atoms with Crippen molar-refractivity contribution < 1.29 is 33.2 Å². The van der Waals surface area contributed by atoms with Gasteiger partial charge in [-0.3, -0.25) is 4.98 Å². The van der Waals surface area contributed by atoms with Crippen molar-refractivity contribution in [2.45, 2.75) is 34.7 Å². The smallest absolute Gasteiger partial charge is 0.194 e. The Bertz CT molecular complexity index is 1100. The summed E-state index contributed by atoms with van der Waals surface area (Å²) in [5, 5.41) is 39.2. The lowest BCUT2D eigenvalue weighted by molar-refractivity contribution is -0.178. The predicted molar refractivity (Wildman–Crippen MR) is 107 cm³/mol. The fraction of sp³-hybridized carbons (Fsp3) is 0.316. The van der Waals surface area contributed by atoms with Crippen LogP contribution in [0.1, 0.15) is 6.04 Å². The van der Waals surface area contributed by atoms with Crippen LogP contribution in [0.4, 0.5) is 13.2 Å². The van der Waals surface area contributed by atoms with Gasteiger partial charge in [-0.1, -0.05) is 28.6 Å². The number of rotatable bonds is 5. The van der Waals surface area contributed by atoms with Gasteiger partial charge in [0, 0.05) is 22.9 Å². The minimum absolute atomic E-state index is 0.0162. The van der Waals surface area contributed by atoms with Crippen LogP contribution in [0.15, 0.2) is 41.7 Å². The van der Waals surface area contributed by atoms with Crippen LogP contribution in [0.5, 0.6) is 0 Å². The van der Waals surface area contributed by atoms with Crippen molar-refractivity contribution in [3.63, 3.8) is 0 Å². The molecule has 32 heavy (non-hydrogen) atoms. The van der Waals surface area contributed by atoms with Crippen LogP contribution in [0.3, 0.4) is 0 Å². The molecule has 0 bridgehead atoms. The first kappa shape index (κ1) is 23.0. The van der Waals surface area contributed by atoms with Crippen LogP contribution in [0, 0.1) is 17.5 Å². The highest BCUT2D eigenvalue weighted by Crippen LogP contribution is 2.38. The van der Waals surface area contributed by atoms with E-state index in [1.807, 2.05) is 0 Å². The molecule has 8 nitrogen and oxygen atoms in total. The zero-order chi connectivity index (χ0) is 23.0. The van der Waals surface area contributed by atoms with Crippen LogP contribution < -0.4 is 0 Å². The van der Waals surface area contributed by atoms with Crippen LogP contribution in [0.2, 0.25) is 5.02 Å². The standard InChI is InChI=1S/C19H16ClF3N4O4S/c20-9-3-10(5-24-4-9)32-19-18(30)16(17(29)14(7-28)31-19)27-6-13(25-26-27)8-1-11(21)15(23)12(22)2-8/h1-6,14,16-19,28-30H,7H2/t14-,16+,17+,18-,19-/m1/s1. The van der Waals surface area contributed by atoms with Crippen LogP contribution in [-0.2, 0) is 4.74 Å². The number of hydrogen-bond donors (Lipinski definition) is 3. The maximum absolute atomic E-state index is 13.6. The third-order valence-electron chi connectivity index (χ3n) is 4.88. The number of aliphatic hydroxyl groups excluding tert-OH is 3. The van der Waals surface area contributed by atoms with Gasteiger partial charge in [-0.2, -0.15) is 0 Å². The van der Waals surface area contributed by atoms with Gasteiger partial charge >= 0.3 is 0 Å². The second-order valence-electron chi connectivity index (χ2n) is 6.99. The van der Waals surface area contributed by atoms with Gasteiger partial charge in [0.2, 0.25) is 0 Å². The summed E-state index contributed by atoms with van der Waals surface area (Å²) in [5.74, 6) is -4.40. The summed E-state index contributed by atoms with van der Waals surface area (Å²) < 4.78 is 47.2. The second-order valence-corrected chi connectivity index (χ2v) is 8.60. The molecule has 0 saturated carbocycles. The van der Waals surface area contributed by atoms with E-state index < -0.39 is 53.8 Å². The van der Waals surface area contributed by atoms with E-state index in [4.69, 9.17) is 16.3 Å². The number of aromatic nitrogens is 4. The van der Waals surface area contributed by atoms with Crippen molar-refractivity contribution >= 4 is 23.4 Å². The quantitative estimate of drug-likeness (QED) is 0.468. The average molecular weight is 489 g/mol. The Balaban J connectivity index is 1.64. The molecule has 0 unspecified atom stereocenters. The molecule has 1 aliphatic rings. The molecule has 1 saturated heterocycles. The lowest BCUT2D eigenvalue weighted by Gasteiger charge is -2.41. The number of benzene rings is 1. The van der Waals surface area contributed by atoms with Crippen molar-refractivity contribution in [1.82, 2.24) is 20.0 Å². The summed E-state index contributed by atoms with van der Waals surface area (Å²) in [5.41, 5.74) is -1.05. The van der Waals surface area contributed by atoms with E-state index in [-0.39, 0.29) is 11.3 Å². The Labute approximate surface area is 188 Å². The van der Waals surface area contributed by atoms with Gasteiger partial charge in [-0.05, 0) is 18.2 Å². The first-order valence-electron chi connectivity index (χ1n) is 9.25. The largest absolute Gasteiger partial charge is 0.394 e. The van der Waals surface area contributed by atoms with E-state index in [9.17, 15) is 28.5 Å². The zero-order valence-corrected chi connectivity index (χ0v) is 17.6. The van der Waals surface area contributed by atoms with Crippen molar-refractivity contribution in [3.8, 4) is 11.3 Å². The first-order valence-corrected chi connectivity index (χ1v) is 10.5. The molecular weight excluding hydrogens is 473 g/mol. The number of ether oxygens (including phenoxy) is 1. The molecule has 3 N–H and O–H groups in total. The summed E-state index contributed by atoms with van der Waals surface area (Å²) in [7, 11) is 0. The Kier molecular flexibility index (Phi) is 6.70. The topological polar surface area (TPSA) is 114 Å². The van der Waals surface area contributed by atoms with Gasteiger partial charge in [0.25, 0.3) is 0 Å². The molecule has 2 aromatic heterocycles. The fourth-order valence-electron chi connectivity index (χ4n) is 3.33. The molecule has 3 heterocycles. The van der Waals surface area contributed by atoms with Gasteiger partial charge < -0.3 is 20.1 Å². The van der Waals surface area contributed by atoms with Gasteiger partial charge in [0.05, 0.1) is 17.8 Å². The third-order valence-corrected chi connectivity index (χ3v) is 6.20. The Morgan fingerprint density at radius 2 is 1.81 bits per heavy atom. The predicted octanol–water partition coefficient (Wildman–Crippen LogP) is 2.18. The van der Waals surface area contributed by atoms with Crippen molar-refractivity contribution in [2.24, 2.45) is 0 Å². The van der Waals surface area contributed by atoms with Gasteiger partial charge in [0.15, 0.2) is 17.5 Å². The van der Waals surface area contributed by atoms with Crippen molar-refractivity contribution in [1.29, 1.82) is 0 Å². The highest BCUT2D eigenvalue weighted by Gasteiger charge is 2.46. The van der Waals surface area contributed by atoms with E-state index in [1.54, 1.807) is 6.07 Å². The second kappa shape index (κ2) is 9.33. The molecule has 5 atom stereocenters. The lowest BCUT2D eigenvalue weighted by atomic mass is 9.97. The molecule has 13 heteroatoms. The van der Waals surface area contributed by atoms with E-state index in [2.05, 4.69) is 15.3 Å². The SMILES string of the molecule is OC[C@H]1O[C@H](Sc2cncc(Cl)c2)[C@H](O)[C@@H](n2cc(-c3cc(F)c(F)c(F)c3)nn2)[C@H]1O. The highest BCUT2D eigenvalue weighted by atomic mass is 35.5. The summed E-state index contributed by atoms with van der Waals surface area (Å²) >= 11 is 7.01. The van der Waals surface area contributed by atoms with Gasteiger partial charge in [0.1, 0.15) is 35.5 Å². The number of nitrogens with zero attached hydrogens (tertiary/aromatic N) is 4. The summed E-state index contributed by atoms with van der Waals surface area (Å²) in [6, 6.07) is 1.99. The number of aliphatic hydroxyl groups is 3. The molecule has 170 valence electrons. The lowest BCUT2D eigenvalue weighted by Crippen LogP contribution is -2.55. The van der Waals surface area contributed by atoms with Gasteiger partial charge in [-0.25, -0.2) is 17.9 Å². The van der Waals surface area contributed by atoms with Crippen LogP contribution in [0.25, 0.3) is 11.3 Å². The Hall–Kier alpha value is -2.22. The molecule has 3 aromatic rings. The molecule has 1 aromatic carbocycles. The minimum atomic E-state index is -1.61. The van der Waals surface area contributed by atoms with E-state index in [0.29, 0.717) is 9.92 Å². The van der Waals surface area contributed by atoms with Crippen molar-refractivity contribution in [2.75, 3.05) is 6.61 Å². The first-order chi connectivity index (χ1) is 15.3. The maximum Gasteiger partial charge on any atom is 0.194 e. The third kappa shape index (κ3) is 4.47. The molecule has 0 spiro atoms. The summed E-state index contributed by atoms with van der Waals surface area (Å²) in [6.07, 6.45) is 0.387. The Morgan fingerprint density at radius 1 is 1.09 bits per heavy atom. The van der Waals surface area contributed by atoms with E-state index in [1.165, 1.54) is 18.6 Å². The summed E-state index contributed by atoms with van der Waals surface area (Å²) in [6.45, 7) is -0.550. The van der Waals surface area contributed by atoms with E-state index >= 15 is 0 Å². The summed E-state index contributed by atoms with van der Waals surface area (Å²) in [4.78, 5) is 4.53. The average Bonchev–Trinajstić information content (AvgIpc) is 3.23. The monoisotopic (exact) mass is 488 g/mol. The normalized spacial score (nSPS) is 25.8. The van der Waals surface area contributed by atoms with Crippen molar-refractivity contribution in [3.05, 3.63) is 59.3 Å². The maximum atomic E-state index is 13.6. The number of halogens is 4. The molecular formula is C19H16ClF3N4O4S. The van der Waals surface area contributed by atoms with Gasteiger partial charge in [-0.15, -0.1) is 5.10 Å². The number of thioether (sulfide) groups is 1. The molecule has 0 aliphatic carbocycles. The molecule has 0 radical (unpaired) electrons. The molecule has 1 aliphatic heterocycles. The Morgan fingerprint density at radius 3 is 2.47 bits per heavy atom. The molecule has 4 rings (SSSR count). The highest BCUT2D eigenvalue weighted by molar-refractivity contribution is 7.99. The zero-order valence-electron chi connectivity index (χ0n) is 16.0. The number of pyridine rings is 1. The fourth-order valence-corrected chi connectivity index (χ4v) is 4.65. The number of hydrogen-bond acceptors (Lipinski definition) is 8.